The lowest BCUT2D eigenvalue weighted by atomic mass is 9.99. The van der Waals surface area contributed by atoms with Gasteiger partial charge in [-0.2, -0.15) is 0 Å². The van der Waals surface area contributed by atoms with Gasteiger partial charge >= 0.3 is 0 Å². The van der Waals surface area contributed by atoms with E-state index in [9.17, 15) is 4.79 Å². The van der Waals surface area contributed by atoms with Gasteiger partial charge in [0.25, 0.3) is 0 Å². The Bertz CT molecular complexity index is 1140. The molecule has 5 nitrogen and oxygen atoms in total. The van der Waals surface area contributed by atoms with Crippen molar-refractivity contribution in [3.8, 4) is 0 Å². The molecular weight excluding hydrogens is 396 g/mol. The zero-order valence-corrected chi connectivity index (χ0v) is 18.2. The van der Waals surface area contributed by atoms with Crippen LogP contribution in [0.2, 0.25) is 0 Å². The maximum absolute atomic E-state index is 13.0. The van der Waals surface area contributed by atoms with Crippen LogP contribution in [0.15, 0.2) is 48.5 Å². The Kier molecular flexibility index (Phi) is 5.56. The number of hydrogen-bond acceptors (Lipinski definition) is 3. The highest BCUT2D eigenvalue weighted by Crippen LogP contribution is 2.42. The molecule has 0 aliphatic carbocycles. The Labute approximate surface area is 191 Å². The second-order valence-electron chi connectivity index (χ2n) is 9.38. The molecule has 1 amide bonds. The number of aryl methyl sites for hydroxylation is 1. The highest BCUT2D eigenvalue weighted by Gasteiger charge is 2.36. The molecule has 0 radical (unpaired) electrons. The van der Waals surface area contributed by atoms with Gasteiger partial charge in [0.05, 0.1) is 12.1 Å². The minimum Gasteiger partial charge on any atom is -0.347 e. The summed E-state index contributed by atoms with van der Waals surface area (Å²) in [6, 6.07) is 18.3. The topological polar surface area (TPSA) is 40.5 Å². The van der Waals surface area contributed by atoms with Crippen LogP contribution in [0.25, 0.3) is 10.9 Å². The lowest BCUT2D eigenvalue weighted by molar-refractivity contribution is -0.121. The van der Waals surface area contributed by atoms with Crippen molar-refractivity contribution in [2.45, 2.75) is 45.2 Å². The molecule has 5 heteroatoms. The quantitative estimate of drug-likeness (QED) is 0.679. The maximum atomic E-state index is 13.0. The second-order valence-corrected chi connectivity index (χ2v) is 9.38. The Morgan fingerprint density at radius 2 is 1.91 bits per heavy atom. The van der Waals surface area contributed by atoms with Crippen LogP contribution < -0.4 is 10.2 Å². The number of piperazine rings is 1. The third-order valence-corrected chi connectivity index (χ3v) is 7.55. The van der Waals surface area contributed by atoms with E-state index in [4.69, 9.17) is 0 Å². The molecule has 3 aromatic rings. The zero-order valence-electron chi connectivity index (χ0n) is 18.2. The van der Waals surface area contributed by atoms with E-state index in [-0.39, 0.29) is 13.3 Å². The predicted octanol–water partition coefficient (Wildman–Crippen LogP) is 4.05. The van der Waals surface area contributed by atoms with Crippen LogP contribution in [-0.2, 0) is 24.7 Å². The molecule has 1 N–H and O–H groups in total. The Morgan fingerprint density at radius 1 is 1.06 bits per heavy atom. The fourth-order valence-electron chi connectivity index (χ4n) is 5.87. The lowest BCUT2D eigenvalue weighted by Gasteiger charge is -2.34. The van der Waals surface area contributed by atoms with Crippen molar-refractivity contribution in [1.29, 1.82) is 0 Å². The summed E-state index contributed by atoms with van der Waals surface area (Å²) in [5, 5.41) is 5.14. The van der Waals surface area contributed by atoms with Gasteiger partial charge in [0, 0.05) is 62.0 Å². The first-order valence-electron chi connectivity index (χ1n) is 11.6. The van der Waals surface area contributed by atoms with Crippen molar-refractivity contribution in [2.75, 3.05) is 31.1 Å². The molecular formula is C27H34N4O. The lowest BCUT2D eigenvalue weighted by Crippen LogP contribution is -2.50. The van der Waals surface area contributed by atoms with Gasteiger partial charge in [-0.1, -0.05) is 43.8 Å². The van der Waals surface area contributed by atoms with Gasteiger partial charge in [0.2, 0.25) is 5.91 Å². The fourth-order valence-corrected chi connectivity index (χ4v) is 5.87. The molecule has 2 bridgehead atoms. The number of nitrogens with zero attached hydrogens (tertiary/aromatic N) is 3. The molecule has 0 spiro atoms. The average molecular weight is 431 g/mol. The number of fused-ring (bicyclic) bond motifs is 6. The van der Waals surface area contributed by atoms with Crippen molar-refractivity contribution in [3.05, 3.63) is 65.4 Å². The van der Waals surface area contributed by atoms with E-state index in [0.717, 1.165) is 38.2 Å². The molecule has 6 rings (SSSR count). The summed E-state index contributed by atoms with van der Waals surface area (Å²) in [7, 11) is 2.19. The van der Waals surface area contributed by atoms with Crippen molar-refractivity contribution in [1.82, 2.24) is 14.8 Å². The number of carbonyl (C=O) groups is 1. The summed E-state index contributed by atoms with van der Waals surface area (Å²) in [6.45, 7) is 3.12. The molecule has 168 valence electrons. The number of nitrogens with one attached hydrogen (secondary N) is 1. The fraction of sp³-hybridized carbons (Fsp3) is 0.444. The molecule has 32 heavy (non-hydrogen) atoms. The summed E-state index contributed by atoms with van der Waals surface area (Å²) in [4.78, 5) is 17.3. The van der Waals surface area contributed by atoms with Crippen LogP contribution in [0.4, 0.5) is 5.69 Å². The number of rotatable bonds is 4. The average Bonchev–Trinajstić information content (AvgIpc) is 3.31. The van der Waals surface area contributed by atoms with Crippen LogP contribution in [0, 0.1) is 0 Å². The Morgan fingerprint density at radius 3 is 2.72 bits per heavy atom. The number of aromatic nitrogens is 1. The molecule has 2 saturated heterocycles. The third-order valence-electron chi connectivity index (χ3n) is 7.55. The number of amides is 1. The van der Waals surface area contributed by atoms with E-state index in [1.807, 2.05) is 11.0 Å². The normalized spacial score (nSPS) is 22.8. The molecule has 3 aliphatic rings. The van der Waals surface area contributed by atoms with Crippen molar-refractivity contribution in [2.24, 2.45) is 7.05 Å². The van der Waals surface area contributed by atoms with Crippen molar-refractivity contribution in [3.63, 3.8) is 0 Å². The molecule has 2 fully saturated rings. The minimum atomic E-state index is 0. The number of anilines is 1. The van der Waals surface area contributed by atoms with Gasteiger partial charge < -0.3 is 14.8 Å². The Balaban J connectivity index is 0.00000216. The zero-order chi connectivity index (χ0) is 20.9. The van der Waals surface area contributed by atoms with Gasteiger partial charge in [-0.25, -0.2) is 0 Å². The molecule has 4 heterocycles. The summed E-state index contributed by atoms with van der Waals surface area (Å²) in [5.74, 6) is 0.207. The van der Waals surface area contributed by atoms with Gasteiger partial charge in [-0.05, 0) is 42.5 Å². The number of benzene rings is 2. The standard InChI is InChI=1S/C26H30N4O.CH4/c1-28-23-16-20(8-9-21(23)26-22-10-7-19(27-22)15-24(26)28)30-14-13-29(17-25(30)31)12-11-18-5-3-2-4-6-18;/h2-6,8-9,16,19,22,27H,7,10-15,17H2,1H3;1H4. The predicted molar refractivity (Wildman–Crippen MR) is 131 cm³/mol. The first kappa shape index (κ1) is 21.2. The van der Waals surface area contributed by atoms with Crippen molar-refractivity contribution < 1.29 is 4.79 Å². The van der Waals surface area contributed by atoms with Crippen molar-refractivity contribution >= 4 is 22.5 Å². The van der Waals surface area contributed by atoms with Gasteiger partial charge in [-0.15, -0.1) is 0 Å². The van der Waals surface area contributed by atoms with E-state index < -0.39 is 0 Å². The number of carbonyl (C=O) groups excluding carboxylic acids is 1. The minimum absolute atomic E-state index is 0. The van der Waals surface area contributed by atoms with Crippen LogP contribution >= 0.6 is 0 Å². The van der Waals surface area contributed by atoms with E-state index in [2.05, 4.69) is 64.3 Å². The van der Waals surface area contributed by atoms with E-state index >= 15 is 0 Å². The van der Waals surface area contributed by atoms with E-state index in [1.165, 1.54) is 40.6 Å². The third kappa shape index (κ3) is 3.54. The largest absolute Gasteiger partial charge is 0.347 e. The smallest absolute Gasteiger partial charge is 0.241 e. The monoisotopic (exact) mass is 430 g/mol. The molecule has 1 aromatic heterocycles. The first-order valence-corrected chi connectivity index (χ1v) is 11.6. The highest BCUT2D eigenvalue weighted by molar-refractivity contribution is 5.98. The summed E-state index contributed by atoms with van der Waals surface area (Å²) >= 11 is 0. The Hall–Kier alpha value is -2.63. The van der Waals surface area contributed by atoms with E-state index in [1.54, 1.807) is 0 Å². The van der Waals surface area contributed by atoms with E-state index in [0.29, 0.717) is 18.6 Å². The number of hydrogen-bond donors (Lipinski definition) is 1. The second kappa shape index (κ2) is 8.38. The van der Waals surface area contributed by atoms with Crippen LogP contribution in [0.5, 0.6) is 0 Å². The SMILES string of the molecule is C.Cn1c2c(c3ccc(N4CCN(CCc5ccccc5)CC4=O)cc31)C1CCC(C2)N1. The van der Waals surface area contributed by atoms with Crippen LogP contribution in [-0.4, -0.2) is 47.6 Å². The highest BCUT2D eigenvalue weighted by atomic mass is 16.2. The molecule has 2 aromatic carbocycles. The molecule has 0 saturated carbocycles. The van der Waals surface area contributed by atoms with Gasteiger partial charge in [-0.3, -0.25) is 9.69 Å². The summed E-state index contributed by atoms with van der Waals surface area (Å²) < 4.78 is 2.38. The molecule has 2 atom stereocenters. The first-order chi connectivity index (χ1) is 15.2. The summed E-state index contributed by atoms with van der Waals surface area (Å²) in [6.07, 6.45) is 4.63. The van der Waals surface area contributed by atoms with Crippen LogP contribution in [0.1, 0.15) is 43.1 Å². The molecule has 3 aliphatic heterocycles. The summed E-state index contributed by atoms with van der Waals surface area (Å²) in [5.41, 5.74) is 6.61. The van der Waals surface area contributed by atoms with Gasteiger partial charge in [0.1, 0.15) is 0 Å². The van der Waals surface area contributed by atoms with Crippen LogP contribution in [0.3, 0.4) is 0 Å². The van der Waals surface area contributed by atoms with Gasteiger partial charge in [0.15, 0.2) is 0 Å². The molecule has 2 unspecified atom stereocenters. The maximum Gasteiger partial charge on any atom is 0.241 e.